The lowest BCUT2D eigenvalue weighted by atomic mass is 10.1. The van der Waals surface area contributed by atoms with Gasteiger partial charge >= 0.3 is 0 Å². The summed E-state index contributed by atoms with van der Waals surface area (Å²) in [7, 11) is 0. The fourth-order valence-electron chi connectivity index (χ4n) is 3.57. The highest BCUT2D eigenvalue weighted by atomic mass is 16.5. The van der Waals surface area contributed by atoms with Crippen molar-refractivity contribution in [3.8, 4) is 0 Å². The molecule has 6 heteroatoms. The van der Waals surface area contributed by atoms with E-state index in [1.165, 1.54) is 5.56 Å². The van der Waals surface area contributed by atoms with Crippen LogP contribution in [-0.4, -0.2) is 57.9 Å². The molecule has 0 aromatic carbocycles. The van der Waals surface area contributed by atoms with E-state index in [1.807, 2.05) is 23.7 Å². The van der Waals surface area contributed by atoms with E-state index in [0.717, 1.165) is 43.3 Å². The zero-order chi connectivity index (χ0) is 17.3. The molecule has 3 atom stereocenters. The molecular formula is C18H29N5O. The maximum atomic E-state index is 5.54. The van der Waals surface area contributed by atoms with Crippen LogP contribution in [0.4, 0.5) is 0 Å². The number of hydrogen-bond donors (Lipinski definition) is 1. The average molecular weight is 331 g/mol. The van der Waals surface area contributed by atoms with Gasteiger partial charge in [-0.2, -0.15) is 5.10 Å². The van der Waals surface area contributed by atoms with Gasteiger partial charge in [-0.1, -0.05) is 0 Å². The van der Waals surface area contributed by atoms with E-state index in [4.69, 9.17) is 4.74 Å². The van der Waals surface area contributed by atoms with Gasteiger partial charge in [-0.15, -0.1) is 0 Å². The number of morpholine rings is 1. The smallest absolute Gasteiger partial charge is 0.155 e. The third kappa shape index (κ3) is 3.45. The summed E-state index contributed by atoms with van der Waals surface area (Å²) in [5, 5.41) is 8.20. The highest BCUT2D eigenvalue weighted by Crippen LogP contribution is 2.18. The van der Waals surface area contributed by atoms with Crippen molar-refractivity contribution in [1.82, 2.24) is 24.8 Å². The Morgan fingerprint density at radius 1 is 1.38 bits per heavy atom. The molecule has 1 aliphatic rings. The summed E-state index contributed by atoms with van der Waals surface area (Å²) in [4.78, 5) is 7.07. The minimum atomic E-state index is 0.241. The number of aromatic nitrogens is 3. The van der Waals surface area contributed by atoms with Crippen molar-refractivity contribution in [2.24, 2.45) is 0 Å². The lowest BCUT2D eigenvalue weighted by Gasteiger charge is -2.38. The molecular weight excluding hydrogens is 302 g/mol. The Kier molecular flexibility index (Phi) is 5.18. The van der Waals surface area contributed by atoms with Gasteiger partial charge in [0.15, 0.2) is 5.65 Å². The maximum absolute atomic E-state index is 5.54. The van der Waals surface area contributed by atoms with Gasteiger partial charge < -0.3 is 10.1 Å². The minimum absolute atomic E-state index is 0.241. The molecule has 3 heterocycles. The number of ether oxygens (including phenoxy) is 1. The standard InChI is InChI=1S/C18H29N5O/c1-12-8-18-20-10-17(16(5)23(18)21-12)15(4)19-9-13(2)22-6-7-24-11-14(22)3/h8,10,13-15,19H,6-7,9,11H2,1-5H3/t13-,14+,15-/m0/s1. The van der Waals surface area contributed by atoms with Gasteiger partial charge in [0.2, 0.25) is 0 Å². The molecule has 0 spiro atoms. The van der Waals surface area contributed by atoms with Gasteiger partial charge in [0.25, 0.3) is 0 Å². The first-order chi connectivity index (χ1) is 11.5. The van der Waals surface area contributed by atoms with E-state index >= 15 is 0 Å². The molecule has 132 valence electrons. The van der Waals surface area contributed by atoms with E-state index < -0.39 is 0 Å². The summed E-state index contributed by atoms with van der Waals surface area (Å²) in [6, 6.07) is 3.22. The first-order valence-electron chi connectivity index (χ1n) is 8.86. The van der Waals surface area contributed by atoms with Crippen LogP contribution in [0.25, 0.3) is 5.65 Å². The Balaban J connectivity index is 1.66. The molecule has 2 aromatic rings. The summed E-state index contributed by atoms with van der Waals surface area (Å²) in [5.41, 5.74) is 4.27. The molecule has 0 amide bonds. The minimum Gasteiger partial charge on any atom is -0.379 e. The first kappa shape index (κ1) is 17.3. The third-order valence-electron chi connectivity index (χ3n) is 5.06. The third-order valence-corrected chi connectivity index (χ3v) is 5.06. The van der Waals surface area contributed by atoms with E-state index in [-0.39, 0.29) is 6.04 Å². The fourth-order valence-corrected chi connectivity index (χ4v) is 3.57. The van der Waals surface area contributed by atoms with Crippen molar-refractivity contribution in [3.05, 3.63) is 29.2 Å². The predicted octanol–water partition coefficient (Wildman–Crippen LogP) is 2.11. The predicted molar refractivity (Wildman–Crippen MR) is 95.3 cm³/mol. The molecule has 0 saturated carbocycles. The molecule has 1 aliphatic heterocycles. The van der Waals surface area contributed by atoms with Crippen LogP contribution in [-0.2, 0) is 4.74 Å². The molecule has 1 saturated heterocycles. The topological polar surface area (TPSA) is 54.7 Å². The zero-order valence-electron chi connectivity index (χ0n) is 15.4. The van der Waals surface area contributed by atoms with Gasteiger partial charge in [-0.05, 0) is 34.6 Å². The fraction of sp³-hybridized carbons (Fsp3) is 0.667. The van der Waals surface area contributed by atoms with Crippen molar-refractivity contribution in [3.63, 3.8) is 0 Å². The summed E-state index contributed by atoms with van der Waals surface area (Å²) < 4.78 is 7.48. The molecule has 0 bridgehead atoms. The van der Waals surface area contributed by atoms with Gasteiger partial charge in [0.1, 0.15) is 0 Å². The number of fused-ring (bicyclic) bond motifs is 1. The summed E-state index contributed by atoms with van der Waals surface area (Å²) in [6.45, 7) is 14.5. The summed E-state index contributed by atoms with van der Waals surface area (Å²) in [5.74, 6) is 0. The van der Waals surface area contributed by atoms with Crippen molar-refractivity contribution in [2.75, 3.05) is 26.3 Å². The second kappa shape index (κ2) is 7.17. The number of aryl methyl sites for hydroxylation is 2. The molecule has 24 heavy (non-hydrogen) atoms. The Morgan fingerprint density at radius 3 is 2.92 bits per heavy atom. The quantitative estimate of drug-likeness (QED) is 0.909. The normalized spacial score (nSPS) is 22.0. The summed E-state index contributed by atoms with van der Waals surface area (Å²) in [6.07, 6.45) is 1.98. The molecule has 0 unspecified atom stereocenters. The summed E-state index contributed by atoms with van der Waals surface area (Å²) >= 11 is 0. The first-order valence-corrected chi connectivity index (χ1v) is 8.86. The van der Waals surface area contributed by atoms with E-state index in [2.05, 4.69) is 48.0 Å². The van der Waals surface area contributed by atoms with Crippen molar-refractivity contribution in [2.45, 2.75) is 52.7 Å². The van der Waals surface area contributed by atoms with E-state index in [9.17, 15) is 0 Å². The highest BCUT2D eigenvalue weighted by Gasteiger charge is 2.24. The number of rotatable bonds is 5. The van der Waals surface area contributed by atoms with Crippen LogP contribution < -0.4 is 5.32 Å². The lowest BCUT2D eigenvalue weighted by molar-refractivity contribution is -0.0184. The van der Waals surface area contributed by atoms with Crippen LogP contribution in [0.5, 0.6) is 0 Å². The second-order valence-corrected chi connectivity index (χ2v) is 7.00. The van der Waals surface area contributed by atoms with Gasteiger partial charge in [0.05, 0.1) is 18.9 Å². The van der Waals surface area contributed by atoms with Crippen molar-refractivity contribution >= 4 is 5.65 Å². The van der Waals surface area contributed by atoms with E-state index in [0.29, 0.717) is 12.1 Å². The van der Waals surface area contributed by atoms with Crippen LogP contribution in [0.3, 0.4) is 0 Å². The van der Waals surface area contributed by atoms with Crippen molar-refractivity contribution < 1.29 is 4.74 Å². The maximum Gasteiger partial charge on any atom is 0.155 e. The largest absolute Gasteiger partial charge is 0.379 e. The van der Waals surface area contributed by atoms with Crippen LogP contribution >= 0.6 is 0 Å². The van der Waals surface area contributed by atoms with Gasteiger partial charge in [-0.25, -0.2) is 9.50 Å². The second-order valence-electron chi connectivity index (χ2n) is 7.00. The molecule has 1 N–H and O–H groups in total. The average Bonchev–Trinajstić information content (AvgIpc) is 2.94. The monoisotopic (exact) mass is 331 g/mol. The van der Waals surface area contributed by atoms with Crippen LogP contribution in [0.1, 0.15) is 43.8 Å². The Labute approximate surface area is 144 Å². The molecule has 3 rings (SSSR count). The molecule has 1 fully saturated rings. The Morgan fingerprint density at radius 2 is 2.17 bits per heavy atom. The number of hydrogen-bond acceptors (Lipinski definition) is 5. The molecule has 0 radical (unpaired) electrons. The van der Waals surface area contributed by atoms with Gasteiger partial charge in [0, 0.05) is 54.7 Å². The molecule has 0 aliphatic carbocycles. The lowest BCUT2D eigenvalue weighted by Crippen LogP contribution is -2.51. The Bertz CT molecular complexity index is 698. The van der Waals surface area contributed by atoms with E-state index in [1.54, 1.807) is 0 Å². The van der Waals surface area contributed by atoms with Crippen LogP contribution in [0.2, 0.25) is 0 Å². The number of nitrogens with one attached hydrogen (secondary N) is 1. The highest BCUT2D eigenvalue weighted by molar-refractivity contribution is 5.42. The Hall–Kier alpha value is -1.50. The van der Waals surface area contributed by atoms with Crippen LogP contribution in [0.15, 0.2) is 12.3 Å². The van der Waals surface area contributed by atoms with Crippen molar-refractivity contribution in [1.29, 1.82) is 0 Å². The number of nitrogens with zero attached hydrogens (tertiary/aromatic N) is 4. The van der Waals surface area contributed by atoms with Gasteiger partial charge in [-0.3, -0.25) is 4.90 Å². The molecule has 2 aromatic heterocycles. The van der Waals surface area contributed by atoms with Crippen LogP contribution in [0, 0.1) is 13.8 Å². The SMILES string of the molecule is Cc1cc2ncc([C@H](C)NC[C@H](C)N3CCOC[C@H]3C)c(C)n2n1. The zero-order valence-corrected chi connectivity index (χ0v) is 15.4. The molecule has 6 nitrogen and oxygen atoms in total.